The topological polar surface area (TPSA) is 85.4 Å². The van der Waals surface area contributed by atoms with Crippen molar-refractivity contribution in [2.45, 2.75) is 20.3 Å². The highest BCUT2D eigenvalue weighted by Gasteiger charge is 2.13. The van der Waals surface area contributed by atoms with E-state index >= 15 is 0 Å². The molecule has 0 atom stereocenters. The second kappa shape index (κ2) is 9.58. The van der Waals surface area contributed by atoms with Crippen molar-refractivity contribution in [2.24, 2.45) is 0 Å². The molecule has 134 valence electrons. The Labute approximate surface area is 147 Å². The van der Waals surface area contributed by atoms with Crippen molar-refractivity contribution in [3.8, 4) is 0 Å². The number of hydrogen-bond donors (Lipinski definition) is 2. The molecule has 7 nitrogen and oxygen atoms in total. The quantitative estimate of drug-likeness (QED) is 0.534. The van der Waals surface area contributed by atoms with Crippen LogP contribution in [0.3, 0.4) is 0 Å². The van der Waals surface area contributed by atoms with Gasteiger partial charge in [-0.3, -0.25) is 0 Å². The molecule has 2 N–H and O–H groups in total. The molecule has 1 aromatic heterocycles. The van der Waals surface area contributed by atoms with Crippen LogP contribution in [-0.4, -0.2) is 42.8 Å². The van der Waals surface area contributed by atoms with Crippen LogP contribution in [0.5, 0.6) is 0 Å². The number of nitrogens with zero attached hydrogens (tertiary/aromatic N) is 2. The van der Waals surface area contributed by atoms with Crippen molar-refractivity contribution in [2.75, 3.05) is 37.5 Å². The van der Waals surface area contributed by atoms with E-state index in [-0.39, 0.29) is 5.97 Å². The standard InChI is InChI=1S/C18H24N4O3/c1-4-25-18(23)14-8-5-6-9-15(14)22-17-12-16(20-13(2)21-17)19-10-7-11-24-3/h5-6,8-9,12H,4,7,10-11H2,1-3H3,(H2,19,20,21,22). The number of aromatic nitrogens is 2. The minimum atomic E-state index is -0.366. The SMILES string of the molecule is CCOC(=O)c1ccccc1Nc1cc(NCCCOC)nc(C)n1. The zero-order valence-corrected chi connectivity index (χ0v) is 14.8. The molecule has 0 aliphatic rings. The summed E-state index contributed by atoms with van der Waals surface area (Å²) in [6.07, 6.45) is 0.883. The Kier molecular flexibility index (Phi) is 7.16. The third-order valence-electron chi connectivity index (χ3n) is 3.35. The van der Waals surface area contributed by atoms with E-state index in [0.717, 1.165) is 18.8 Å². The number of anilines is 3. The maximum Gasteiger partial charge on any atom is 0.340 e. The first-order valence-electron chi connectivity index (χ1n) is 8.25. The molecule has 2 rings (SSSR count). The molecule has 0 aliphatic carbocycles. The summed E-state index contributed by atoms with van der Waals surface area (Å²) in [5.74, 6) is 1.60. The lowest BCUT2D eigenvalue weighted by atomic mass is 10.2. The summed E-state index contributed by atoms with van der Waals surface area (Å²) in [7, 11) is 1.68. The van der Waals surface area contributed by atoms with Gasteiger partial charge in [0.15, 0.2) is 0 Å². The first-order chi connectivity index (χ1) is 12.1. The summed E-state index contributed by atoms with van der Waals surface area (Å²) in [6.45, 7) is 5.37. The second-order valence-electron chi connectivity index (χ2n) is 5.35. The second-order valence-corrected chi connectivity index (χ2v) is 5.35. The fraction of sp³-hybridized carbons (Fsp3) is 0.389. The Morgan fingerprint density at radius 2 is 1.96 bits per heavy atom. The van der Waals surface area contributed by atoms with Gasteiger partial charge >= 0.3 is 5.97 Å². The fourth-order valence-corrected chi connectivity index (χ4v) is 2.27. The van der Waals surface area contributed by atoms with Crippen molar-refractivity contribution >= 4 is 23.3 Å². The van der Waals surface area contributed by atoms with E-state index < -0.39 is 0 Å². The lowest BCUT2D eigenvalue weighted by Crippen LogP contribution is -2.10. The number of hydrogen-bond acceptors (Lipinski definition) is 7. The number of para-hydroxylation sites is 1. The van der Waals surface area contributed by atoms with Crippen molar-refractivity contribution in [1.29, 1.82) is 0 Å². The lowest BCUT2D eigenvalue weighted by Gasteiger charge is -2.12. The van der Waals surface area contributed by atoms with Crippen LogP contribution in [0, 0.1) is 6.92 Å². The number of carbonyl (C=O) groups is 1. The van der Waals surface area contributed by atoms with Crippen LogP contribution >= 0.6 is 0 Å². The number of carbonyl (C=O) groups excluding carboxylic acids is 1. The average Bonchev–Trinajstić information content (AvgIpc) is 2.59. The largest absolute Gasteiger partial charge is 0.462 e. The van der Waals surface area contributed by atoms with Crippen molar-refractivity contribution in [3.05, 3.63) is 41.7 Å². The van der Waals surface area contributed by atoms with Crippen LogP contribution in [0.2, 0.25) is 0 Å². The molecule has 0 saturated carbocycles. The monoisotopic (exact) mass is 344 g/mol. The summed E-state index contributed by atoms with van der Waals surface area (Å²) in [5, 5.41) is 6.42. The number of rotatable bonds is 9. The highest BCUT2D eigenvalue weighted by Crippen LogP contribution is 2.22. The van der Waals surface area contributed by atoms with E-state index in [0.29, 0.717) is 36.1 Å². The van der Waals surface area contributed by atoms with Gasteiger partial charge in [-0.1, -0.05) is 12.1 Å². The predicted molar refractivity (Wildman–Crippen MR) is 97.4 cm³/mol. The van der Waals surface area contributed by atoms with Gasteiger partial charge in [0.1, 0.15) is 17.5 Å². The molecule has 0 spiro atoms. The van der Waals surface area contributed by atoms with Gasteiger partial charge in [0.25, 0.3) is 0 Å². The minimum absolute atomic E-state index is 0.329. The molecule has 1 heterocycles. The number of esters is 1. The molecule has 2 aromatic rings. The highest BCUT2D eigenvalue weighted by atomic mass is 16.5. The van der Waals surface area contributed by atoms with Gasteiger partial charge in [-0.05, 0) is 32.4 Å². The van der Waals surface area contributed by atoms with Gasteiger partial charge < -0.3 is 20.1 Å². The Hall–Kier alpha value is -2.67. The number of methoxy groups -OCH3 is 1. The van der Waals surface area contributed by atoms with Gasteiger partial charge in [0.2, 0.25) is 0 Å². The Morgan fingerprint density at radius 3 is 2.72 bits per heavy atom. The smallest absolute Gasteiger partial charge is 0.340 e. The van der Waals surface area contributed by atoms with Crippen LogP contribution in [0.25, 0.3) is 0 Å². The van der Waals surface area contributed by atoms with Crippen LogP contribution in [0.4, 0.5) is 17.3 Å². The Balaban J connectivity index is 2.15. The molecule has 7 heteroatoms. The van der Waals surface area contributed by atoms with Crippen molar-refractivity contribution < 1.29 is 14.3 Å². The van der Waals surface area contributed by atoms with Gasteiger partial charge in [-0.25, -0.2) is 14.8 Å². The molecule has 0 bridgehead atoms. The molecule has 0 unspecified atom stereocenters. The van der Waals surface area contributed by atoms with Crippen LogP contribution in [-0.2, 0) is 9.47 Å². The molecular weight excluding hydrogens is 320 g/mol. The first-order valence-corrected chi connectivity index (χ1v) is 8.25. The van der Waals surface area contributed by atoms with Crippen LogP contribution in [0.15, 0.2) is 30.3 Å². The summed E-state index contributed by atoms with van der Waals surface area (Å²) >= 11 is 0. The zero-order chi connectivity index (χ0) is 18.1. The number of aryl methyl sites for hydroxylation is 1. The molecule has 0 radical (unpaired) electrons. The van der Waals surface area contributed by atoms with Gasteiger partial charge in [0.05, 0.1) is 17.9 Å². The fourth-order valence-electron chi connectivity index (χ4n) is 2.27. The van der Waals surface area contributed by atoms with Gasteiger partial charge in [0, 0.05) is 26.3 Å². The van der Waals surface area contributed by atoms with E-state index in [1.807, 2.05) is 25.1 Å². The van der Waals surface area contributed by atoms with Gasteiger partial charge in [-0.15, -0.1) is 0 Å². The van der Waals surface area contributed by atoms with Crippen molar-refractivity contribution in [1.82, 2.24) is 9.97 Å². The van der Waals surface area contributed by atoms with E-state index in [9.17, 15) is 4.79 Å². The van der Waals surface area contributed by atoms with Crippen molar-refractivity contribution in [3.63, 3.8) is 0 Å². The minimum Gasteiger partial charge on any atom is -0.462 e. The van der Waals surface area contributed by atoms with Crippen LogP contribution < -0.4 is 10.6 Å². The molecule has 0 aliphatic heterocycles. The zero-order valence-electron chi connectivity index (χ0n) is 14.8. The first kappa shape index (κ1) is 18.7. The molecule has 0 fully saturated rings. The summed E-state index contributed by atoms with van der Waals surface area (Å²) in [6, 6.07) is 8.99. The number of benzene rings is 1. The highest BCUT2D eigenvalue weighted by molar-refractivity contribution is 5.96. The average molecular weight is 344 g/mol. The number of nitrogens with one attached hydrogen (secondary N) is 2. The van der Waals surface area contributed by atoms with E-state index in [1.54, 1.807) is 26.2 Å². The molecule has 25 heavy (non-hydrogen) atoms. The predicted octanol–water partition coefficient (Wildman–Crippen LogP) is 3.15. The third kappa shape index (κ3) is 5.72. The third-order valence-corrected chi connectivity index (χ3v) is 3.35. The van der Waals surface area contributed by atoms with E-state index in [1.165, 1.54) is 0 Å². The Morgan fingerprint density at radius 1 is 1.20 bits per heavy atom. The number of ether oxygens (including phenoxy) is 2. The molecule has 0 amide bonds. The van der Waals surface area contributed by atoms with E-state index in [2.05, 4.69) is 20.6 Å². The van der Waals surface area contributed by atoms with Crippen LogP contribution in [0.1, 0.15) is 29.5 Å². The van der Waals surface area contributed by atoms with E-state index in [4.69, 9.17) is 9.47 Å². The maximum absolute atomic E-state index is 12.1. The molecular formula is C18H24N4O3. The van der Waals surface area contributed by atoms with Gasteiger partial charge in [-0.2, -0.15) is 0 Å². The maximum atomic E-state index is 12.1. The molecule has 1 aromatic carbocycles. The Bertz CT molecular complexity index is 706. The molecule has 0 saturated heterocycles. The summed E-state index contributed by atoms with van der Waals surface area (Å²) < 4.78 is 10.1. The normalized spacial score (nSPS) is 10.4. The summed E-state index contributed by atoms with van der Waals surface area (Å²) in [4.78, 5) is 20.8. The summed E-state index contributed by atoms with van der Waals surface area (Å²) in [5.41, 5.74) is 1.11. The lowest BCUT2D eigenvalue weighted by molar-refractivity contribution is 0.0527.